The summed E-state index contributed by atoms with van der Waals surface area (Å²) in [4.78, 5) is 0. The van der Waals surface area contributed by atoms with Gasteiger partial charge in [-0.15, -0.1) is 0 Å². The molecule has 1 N–H and O–H groups in total. The van der Waals surface area contributed by atoms with E-state index >= 15 is 0 Å². The second kappa shape index (κ2) is 6.93. The summed E-state index contributed by atoms with van der Waals surface area (Å²) in [6.07, 6.45) is 12.9. The van der Waals surface area contributed by atoms with Crippen LogP contribution in [-0.4, -0.2) is 6.54 Å². The lowest BCUT2D eigenvalue weighted by atomic mass is 9.84. The summed E-state index contributed by atoms with van der Waals surface area (Å²) in [7, 11) is 0. The van der Waals surface area contributed by atoms with Gasteiger partial charge in [0.2, 0.25) is 0 Å². The number of aryl methyl sites for hydroxylation is 1. The fourth-order valence-electron chi connectivity index (χ4n) is 4.74. The molecule has 29 heavy (non-hydrogen) atoms. The van der Waals surface area contributed by atoms with E-state index < -0.39 is 0 Å². The smallest absolute Gasteiger partial charge is 0.0401 e. The Morgan fingerprint density at radius 2 is 1.69 bits per heavy atom. The van der Waals surface area contributed by atoms with Gasteiger partial charge in [-0.25, -0.2) is 0 Å². The number of dihydropyridines is 1. The first-order valence-electron chi connectivity index (χ1n) is 10.3. The molecule has 1 heterocycles. The van der Waals surface area contributed by atoms with Crippen molar-refractivity contribution in [3.63, 3.8) is 0 Å². The monoisotopic (exact) mass is 375 g/mol. The van der Waals surface area contributed by atoms with E-state index in [1.54, 1.807) is 0 Å². The molecule has 5 rings (SSSR count). The molecule has 4 aromatic rings. The first-order valence-corrected chi connectivity index (χ1v) is 10.3. The Morgan fingerprint density at radius 3 is 2.34 bits per heavy atom. The van der Waals surface area contributed by atoms with Gasteiger partial charge in [0.15, 0.2) is 0 Å². The first-order chi connectivity index (χ1) is 14.2. The van der Waals surface area contributed by atoms with Gasteiger partial charge in [-0.2, -0.15) is 0 Å². The Bertz CT molecular complexity index is 1340. The average molecular weight is 376 g/mol. The Hall–Kier alpha value is -3.32. The number of benzene rings is 4. The van der Waals surface area contributed by atoms with Crippen LogP contribution in [0.5, 0.6) is 0 Å². The lowest BCUT2D eigenvalue weighted by Crippen LogP contribution is -2.12. The van der Waals surface area contributed by atoms with Crippen LogP contribution in [0.3, 0.4) is 0 Å². The van der Waals surface area contributed by atoms with E-state index in [2.05, 4.69) is 98.9 Å². The highest BCUT2D eigenvalue weighted by molar-refractivity contribution is 6.26. The third-order valence-corrected chi connectivity index (χ3v) is 5.98. The maximum atomic E-state index is 3.38. The molecule has 142 valence electrons. The summed E-state index contributed by atoms with van der Waals surface area (Å²) in [5.41, 5.74) is 6.53. The highest BCUT2D eigenvalue weighted by atomic mass is 14.8. The van der Waals surface area contributed by atoms with Crippen LogP contribution in [0.2, 0.25) is 0 Å². The van der Waals surface area contributed by atoms with Crippen molar-refractivity contribution in [3.05, 3.63) is 95.7 Å². The molecule has 0 spiro atoms. The molecular formula is C28H25N. The molecule has 0 saturated carbocycles. The highest BCUT2D eigenvalue weighted by Gasteiger charge is 2.18. The van der Waals surface area contributed by atoms with E-state index in [-0.39, 0.29) is 0 Å². The Kier molecular flexibility index (Phi) is 4.24. The summed E-state index contributed by atoms with van der Waals surface area (Å²) in [5.74, 6) is 0. The van der Waals surface area contributed by atoms with Gasteiger partial charge in [0.05, 0.1) is 0 Å². The maximum Gasteiger partial charge on any atom is 0.0401 e. The lowest BCUT2D eigenvalue weighted by molar-refractivity contribution is 0.987. The molecule has 1 aliphatic rings. The summed E-state index contributed by atoms with van der Waals surface area (Å²) in [5, 5.41) is 11.5. The maximum absolute atomic E-state index is 3.38. The quantitative estimate of drug-likeness (QED) is 0.291. The van der Waals surface area contributed by atoms with Crippen LogP contribution in [0.15, 0.2) is 79.0 Å². The fraction of sp³-hybridized carbons (Fsp3) is 0.143. The van der Waals surface area contributed by atoms with Crippen molar-refractivity contribution in [1.82, 2.24) is 5.32 Å². The molecule has 0 amide bonds. The van der Waals surface area contributed by atoms with Crippen molar-refractivity contribution < 1.29 is 0 Å². The number of rotatable bonds is 3. The van der Waals surface area contributed by atoms with E-state index in [0.717, 1.165) is 6.54 Å². The Balaban J connectivity index is 1.99. The minimum atomic E-state index is 0.855. The molecule has 0 aliphatic carbocycles. The largest absolute Gasteiger partial charge is 0.387 e. The molecule has 0 bridgehead atoms. The molecule has 0 aromatic heterocycles. The van der Waals surface area contributed by atoms with Gasteiger partial charge in [-0.1, -0.05) is 60.7 Å². The van der Waals surface area contributed by atoms with Crippen molar-refractivity contribution in [2.24, 2.45) is 0 Å². The lowest BCUT2D eigenvalue weighted by Gasteiger charge is -2.20. The van der Waals surface area contributed by atoms with Crippen molar-refractivity contribution in [1.29, 1.82) is 0 Å². The standard InChI is InChI=1S/C28H25N/c1-4-7-19(5-2)25-16-26(22-8-6-13-29-17-22)24-12-10-21-15-18(3)14-20-9-11-23(25)28(24)27(20)21/h4-16,29H,17H2,1-3H3/b7-4-,19-5+. The number of hydrogen-bond donors (Lipinski definition) is 1. The van der Waals surface area contributed by atoms with E-state index in [0.29, 0.717) is 0 Å². The molecular weight excluding hydrogens is 350 g/mol. The molecule has 1 aliphatic heterocycles. The zero-order chi connectivity index (χ0) is 20.0. The van der Waals surface area contributed by atoms with Crippen LogP contribution < -0.4 is 5.32 Å². The van der Waals surface area contributed by atoms with Crippen LogP contribution in [0.4, 0.5) is 0 Å². The Morgan fingerprint density at radius 1 is 0.931 bits per heavy atom. The summed E-state index contributed by atoms with van der Waals surface area (Å²) < 4.78 is 0. The molecule has 0 fully saturated rings. The van der Waals surface area contributed by atoms with Gasteiger partial charge >= 0.3 is 0 Å². The second-order valence-corrected chi connectivity index (χ2v) is 7.84. The number of allylic oxidation sites excluding steroid dienone is 6. The molecule has 4 aromatic carbocycles. The predicted octanol–water partition coefficient (Wildman–Crippen LogP) is 7.37. The third kappa shape index (κ3) is 2.77. The Labute approximate surface area is 172 Å². The van der Waals surface area contributed by atoms with Crippen LogP contribution >= 0.6 is 0 Å². The van der Waals surface area contributed by atoms with Crippen LogP contribution in [0.25, 0.3) is 43.5 Å². The van der Waals surface area contributed by atoms with Crippen molar-refractivity contribution in [2.45, 2.75) is 20.8 Å². The molecule has 0 radical (unpaired) electrons. The predicted molar refractivity (Wildman–Crippen MR) is 128 cm³/mol. The van der Waals surface area contributed by atoms with Gasteiger partial charge in [0.1, 0.15) is 0 Å². The van der Waals surface area contributed by atoms with E-state index in [1.165, 1.54) is 60.2 Å². The minimum absolute atomic E-state index is 0.855. The summed E-state index contributed by atoms with van der Waals surface area (Å²) >= 11 is 0. The summed E-state index contributed by atoms with van der Waals surface area (Å²) in [6.45, 7) is 7.25. The minimum Gasteiger partial charge on any atom is -0.387 e. The second-order valence-electron chi connectivity index (χ2n) is 7.84. The first kappa shape index (κ1) is 17.8. The summed E-state index contributed by atoms with van der Waals surface area (Å²) in [6, 6.07) is 16.2. The number of nitrogens with one attached hydrogen (secondary N) is 1. The fourth-order valence-corrected chi connectivity index (χ4v) is 4.74. The van der Waals surface area contributed by atoms with E-state index in [1.807, 2.05) is 6.20 Å². The SMILES string of the molecule is C/C=C\C(=C/C)c1cc(C2=CC=CNC2)c2ccc3cc(C)cc4ccc1c2c34. The normalized spacial score (nSPS) is 15.0. The molecule has 0 unspecified atom stereocenters. The topological polar surface area (TPSA) is 12.0 Å². The average Bonchev–Trinajstić information content (AvgIpc) is 2.75. The van der Waals surface area contributed by atoms with Gasteiger partial charge in [-0.3, -0.25) is 0 Å². The zero-order valence-corrected chi connectivity index (χ0v) is 17.2. The number of hydrogen-bond acceptors (Lipinski definition) is 1. The van der Waals surface area contributed by atoms with E-state index in [4.69, 9.17) is 0 Å². The van der Waals surface area contributed by atoms with Gasteiger partial charge < -0.3 is 5.32 Å². The van der Waals surface area contributed by atoms with Crippen molar-refractivity contribution in [2.75, 3.05) is 6.54 Å². The molecule has 0 saturated heterocycles. The van der Waals surface area contributed by atoms with Crippen molar-refractivity contribution >= 4 is 43.5 Å². The highest BCUT2D eigenvalue weighted by Crippen LogP contribution is 2.42. The van der Waals surface area contributed by atoms with Crippen molar-refractivity contribution in [3.8, 4) is 0 Å². The molecule has 1 nitrogen and oxygen atoms in total. The van der Waals surface area contributed by atoms with E-state index in [9.17, 15) is 0 Å². The van der Waals surface area contributed by atoms with Gasteiger partial charge in [0, 0.05) is 6.54 Å². The molecule has 0 atom stereocenters. The van der Waals surface area contributed by atoms with Gasteiger partial charge in [0.25, 0.3) is 0 Å². The van der Waals surface area contributed by atoms with Crippen LogP contribution in [0, 0.1) is 6.92 Å². The zero-order valence-electron chi connectivity index (χ0n) is 17.2. The van der Waals surface area contributed by atoms with Crippen LogP contribution in [0.1, 0.15) is 30.5 Å². The third-order valence-electron chi connectivity index (χ3n) is 5.98. The van der Waals surface area contributed by atoms with Gasteiger partial charge in [-0.05, 0) is 99.3 Å². The molecule has 1 heteroatoms. The van der Waals surface area contributed by atoms with Crippen LogP contribution in [-0.2, 0) is 0 Å².